The minimum absolute atomic E-state index is 0.000209. The van der Waals surface area contributed by atoms with Crippen LogP contribution in [0.2, 0.25) is 0 Å². The van der Waals surface area contributed by atoms with E-state index < -0.39 is 29.9 Å². The Labute approximate surface area is 143 Å². The van der Waals surface area contributed by atoms with Gasteiger partial charge in [-0.3, -0.25) is 9.69 Å². The van der Waals surface area contributed by atoms with Crippen molar-refractivity contribution in [1.29, 1.82) is 0 Å². The highest BCUT2D eigenvalue weighted by molar-refractivity contribution is 5.99. The van der Waals surface area contributed by atoms with Crippen LogP contribution in [0.3, 0.4) is 0 Å². The van der Waals surface area contributed by atoms with E-state index in [0.717, 1.165) is 6.07 Å². The van der Waals surface area contributed by atoms with Gasteiger partial charge in [0.15, 0.2) is 0 Å². The molecular formula is C17H20F4N2O2. The monoisotopic (exact) mass is 360 g/mol. The van der Waals surface area contributed by atoms with E-state index in [2.05, 4.69) is 0 Å². The predicted octanol–water partition coefficient (Wildman–Crippen LogP) is 2.58. The Morgan fingerprint density at radius 3 is 2.48 bits per heavy atom. The van der Waals surface area contributed by atoms with E-state index in [1.54, 1.807) is 18.7 Å². The van der Waals surface area contributed by atoms with Gasteiger partial charge < -0.3 is 10.0 Å². The Balaban J connectivity index is 1.96. The van der Waals surface area contributed by atoms with Gasteiger partial charge in [0, 0.05) is 37.8 Å². The molecule has 2 heterocycles. The molecule has 3 rings (SSSR count). The van der Waals surface area contributed by atoms with Crippen LogP contribution in [0.25, 0.3) is 0 Å². The third kappa shape index (κ3) is 3.37. The average Bonchev–Trinajstić information content (AvgIpc) is 2.98. The Morgan fingerprint density at radius 1 is 1.28 bits per heavy atom. The van der Waals surface area contributed by atoms with Crippen molar-refractivity contribution >= 4 is 5.91 Å². The van der Waals surface area contributed by atoms with Gasteiger partial charge >= 0.3 is 6.18 Å². The number of hydrogen-bond acceptors (Lipinski definition) is 3. The maximum Gasteiger partial charge on any atom is 0.416 e. The van der Waals surface area contributed by atoms with Crippen LogP contribution in [-0.2, 0) is 19.3 Å². The van der Waals surface area contributed by atoms with E-state index in [1.807, 2.05) is 0 Å². The van der Waals surface area contributed by atoms with Gasteiger partial charge in [0.25, 0.3) is 5.91 Å². The molecule has 138 valence electrons. The van der Waals surface area contributed by atoms with Crippen molar-refractivity contribution in [1.82, 2.24) is 9.80 Å². The fourth-order valence-corrected chi connectivity index (χ4v) is 3.46. The van der Waals surface area contributed by atoms with E-state index in [9.17, 15) is 27.5 Å². The highest BCUT2D eigenvalue weighted by Crippen LogP contribution is 2.39. The largest absolute Gasteiger partial charge is 0.416 e. The summed E-state index contributed by atoms with van der Waals surface area (Å²) in [6.45, 7) is 3.53. The van der Waals surface area contributed by atoms with Gasteiger partial charge in [0.1, 0.15) is 6.17 Å². The number of carbonyl (C=O) groups excluding carboxylic acids is 1. The number of likely N-dealkylation sites (tertiary alicyclic amines) is 1. The third-order valence-electron chi connectivity index (χ3n) is 4.76. The van der Waals surface area contributed by atoms with E-state index in [-0.39, 0.29) is 43.3 Å². The molecule has 1 N–H and O–H groups in total. The van der Waals surface area contributed by atoms with Gasteiger partial charge in [-0.25, -0.2) is 4.39 Å². The minimum atomic E-state index is -4.57. The minimum Gasteiger partial charge on any atom is -0.389 e. The van der Waals surface area contributed by atoms with Crippen LogP contribution in [0.15, 0.2) is 12.1 Å². The van der Waals surface area contributed by atoms with Crippen molar-refractivity contribution < 1.29 is 27.5 Å². The van der Waals surface area contributed by atoms with E-state index in [0.29, 0.717) is 5.56 Å². The van der Waals surface area contributed by atoms with E-state index in [4.69, 9.17) is 0 Å². The van der Waals surface area contributed by atoms with E-state index >= 15 is 0 Å². The van der Waals surface area contributed by atoms with Crippen LogP contribution in [0, 0.1) is 0 Å². The molecule has 1 aromatic carbocycles. The lowest BCUT2D eigenvalue weighted by atomic mass is 9.98. The van der Waals surface area contributed by atoms with Gasteiger partial charge in [-0.05, 0) is 37.1 Å². The first kappa shape index (κ1) is 18.1. The van der Waals surface area contributed by atoms with Crippen LogP contribution in [0.4, 0.5) is 17.6 Å². The van der Waals surface area contributed by atoms with Crippen LogP contribution >= 0.6 is 0 Å². The summed E-state index contributed by atoms with van der Waals surface area (Å²) in [5.41, 5.74) is -0.450. The van der Waals surface area contributed by atoms with Gasteiger partial charge in [-0.2, -0.15) is 13.2 Å². The molecule has 2 atom stereocenters. The molecule has 1 aromatic rings. The quantitative estimate of drug-likeness (QED) is 0.843. The third-order valence-corrected chi connectivity index (χ3v) is 4.76. The number of nitrogens with zero attached hydrogens (tertiary/aromatic N) is 2. The molecule has 1 saturated heterocycles. The molecule has 0 aromatic heterocycles. The van der Waals surface area contributed by atoms with Crippen molar-refractivity contribution in [3.63, 3.8) is 0 Å². The van der Waals surface area contributed by atoms with Gasteiger partial charge in [0.2, 0.25) is 0 Å². The Kier molecular flexibility index (Phi) is 4.53. The molecule has 2 aliphatic heterocycles. The normalized spacial score (nSPS) is 24.5. The van der Waals surface area contributed by atoms with Crippen molar-refractivity contribution in [3.8, 4) is 0 Å². The summed E-state index contributed by atoms with van der Waals surface area (Å²) >= 11 is 0. The van der Waals surface area contributed by atoms with Crippen LogP contribution in [0.5, 0.6) is 0 Å². The number of fused-ring (bicyclic) bond motifs is 1. The smallest absolute Gasteiger partial charge is 0.389 e. The molecule has 4 nitrogen and oxygen atoms in total. The molecule has 0 radical (unpaired) electrons. The first-order valence-electron chi connectivity index (χ1n) is 8.16. The lowest BCUT2D eigenvalue weighted by molar-refractivity contribution is -0.138. The maximum absolute atomic E-state index is 13.5. The van der Waals surface area contributed by atoms with Crippen LogP contribution in [0.1, 0.15) is 40.9 Å². The summed E-state index contributed by atoms with van der Waals surface area (Å²) < 4.78 is 53.8. The SMILES string of the molecule is CC(C)N1Cc2c(cc(CN3CC(O)C(F)C3)cc2C(F)(F)F)C1=O. The number of aliphatic hydroxyl groups excluding tert-OH is 1. The molecular weight excluding hydrogens is 340 g/mol. The van der Waals surface area contributed by atoms with Crippen LogP contribution < -0.4 is 0 Å². The second-order valence-corrected chi connectivity index (χ2v) is 6.97. The number of benzene rings is 1. The second kappa shape index (κ2) is 6.25. The van der Waals surface area contributed by atoms with Crippen molar-refractivity contribution in [3.05, 3.63) is 34.4 Å². The highest BCUT2D eigenvalue weighted by Gasteiger charge is 2.41. The summed E-state index contributed by atoms with van der Waals surface area (Å²) in [5.74, 6) is -0.415. The molecule has 0 spiro atoms. The zero-order chi connectivity index (χ0) is 18.5. The Morgan fingerprint density at radius 2 is 1.96 bits per heavy atom. The summed E-state index contributed by atoms with van der Waals surface area (Å²) in [7, 11) is 0. The standard InChI is InChI=1S/C17H20F4N2O2/c1-9(2)23-6-12-11(16(23)25)3-10(4-13(12)17(19,20)21)5-22-7-14(18)15(24)8-22/h3-4,9,14-15,24H,5-8H2,1-2H3. The summed E-state index contributed by atoms with van der Waals surface area (Å²) in [6.07, 6.45) is -7.11. The number of hydrogen-bond donors (Lipinski definition) is 1. The number of carbonyl (C=O) groups is 1. The molecule has 0 aliphatic carbocycles. The zero-order valence-electron chi connectivity index (χ0n) is 14.0. The first-order valence-corrected chi connectivity index (χ1v) is 8.16. The number of amides is 1. The van der Waals surface area contributed by atoms with Crippen molar-refractivity contribution in [2.24, 2.45) is 0 Å². The topological polar surface area (TPSA) is 43.8 Å². The molecule has 2 aliphatic rings. The number of halogens is 4. The molecule has 25 heavy (non-hydrogen) atoms. The predicted molar refractivity (Wildman–Crippen MR) is 82.6 cm³/mol. The molecule has 1 fully saturated rings. The van der Waals surface area contributed by atoms with Gasteiger partial charge in [-0.15, -0.1) is 0 Å². The molecule has 8 heteroatoms. The molecule has 0 bridgehead atoms. The van der Waals surface area contributed by atoms with E-state index in [1.165, 1.54) is 11.0 Å². The molecule has 2 unspecified atom stereocenters. The lowest BCUT2D eigenvalue weighted by Gasteiger charge is -2.20. The lowest BCUT2D eigenvalue weighted by Crippen LogP contribution is -2.30. The highest BCUT2D eigenvalue weighted by atomic mass is 19.4. The summed E-state index contributed by atoms with van der Waals surface area (Å²) in [6, 6.07) is 2.30. The Hall–Kier alpha value is -1.67. The first-order chi connectivity index (χ1) is 11.6. The molecule has 0 saturated carbocycles. The number of aliphatic hydroxyl groups is 1. The number of β-amino-alcohol motifs (C(OH)–C–C–N with tert-alkyl or cyclic N) is 1. The average molecular weight is 360 g/mol. The van der Waals surface area contributed by atoms with Gasteiger partial charge in [0.05, 0.1) is 11.7 Å². The molecule has 1 amide bonds. The van der Waals surface area contributed by atoms with Gasteiger partial charge in [-0.1, -0.05) is 0 Å². The van der Waals surface area contributed by atoms with Crippen molar-refractivity contribution in [2.45, 2.75) is 51.4 Å². The number of rotatable bonds is 3. The zero-order valence-corrected chi connectivity index (χ0v) is 14.0. The van der Waals surface area contributed by atoms with Crippen LogP contribution in [-0.4, -0.2) is 52.2 Å². The fourth-order valence-electron chi connectivity index (χ4n) is 3.46. The van der Waals surface area contributed by atoms with Crippen molar-refractivity contribution in [2.75, 3.05) is 13.1 Å². The summed E-state index contributed by atoms with van der Waals surface area (Å²) in [5, 5.41) is 9.47. The maximum atomic E-state index is 13.5. The Bertz CT molecular complexity index is 680. The number of alkyl halides is 4. The fraction of sp³-hybridized carbons (Fsp3) is 0.588. The second-order valence-electron chi connectivity index (χ2n) is 6.97. The summed E-state index contributed by atoms with van der Waals surface area (Å²) in [4.78, 5) is 15.4.